The number of carbonyl (C=O) groups excluding carboxylic acids is 1. The van der Waals surface area contributed by atoms with Crippen molar-refractivity contribution in [2.24, 2.45) is 5.41 Å². The number of carbonyl (C=O) groups is 1. The fourth-order valence-corrected chi connectivity index (χ4v) is 6.13. The maximum absolute atomic E-state index is 13.3. The van der Waals surface area contributed by atoms with Crippen molar-refractivity contribution >= 4 is 37.8 Å². The Morgan fingerprint density at radius 3 is 1.82 bits per heavy atom. The first kappa shape index (κ1) is 37.1. The molecule has 3 rings (SSSR count). The van der Waals surface area contributed by atoms with Crippen molar-refractivity contribution in [1.82, 2.24) is 0 Å². The molecule has 0 saturated carbocycles. The predicted molar refractivity (Wildman–Crippen MR) is 180 cm³/mol. The van der Waals surface area contributed by atoms with Crippen LogP contribution in [-0.2, 0) is 46.4 Å². The van der Waals surface area contributed by atoms with Crippen LogP contribution in [-0.4, -0.2) is 66.7 Å². The molecule has 7 atom stereocenters. The van der Waals surface area contributed by atoms with E-state index in [1.807, 2.05) is 81.4 Å². The molecule has 2 aromatic rings. The summed E-state index contributed by atoms with van der Waals surface area (Å²) in [6, 6.07) is 20.0. The normalized spacial score (nSPS) is 23.7. The monoisotopic (exact) mass is 740 g/mol. The molecular formula is C35H50Br2O7. The van der Waals surface area contributed by atoms with E-state index >= 15 is 0 Å². The van der Waals surface area contributed by atoms with Crippen LogP contribution in [0.2, 0.25) is 0 Å². The lowest BCUT2D eigenvalue weighted by atomic mass is 9.94. The van der Waals surface area contributed by atoms with Crippen LogP contribution in [0, 0.1) is 5.41 Å². The molecule has 0 N–H and O–H groups in total. The van der Waals surface area contributed by atoms with E-state index in [0.717, 1.165) is 43.4 Å². The van der Waals surface area contributed by atoms with Gasteiger partial charge in [-0.1, -0.05) is 99.4 Å². The van der Waals surface area contributed by atoms with Crippen molar-refractivity contribution in [3.05, 3.63) is 71.8 Å². The summed E-state index contributed by atoms with van der Waals surface area (Å²) in [7, 11) is 1.73. The van der Waals surface area contributed by atoms with Gasteiger partial charge in [-0.25, -0.2) is 0 Å². The minimum Gasteiger partial charge on any atom is -0.454 e. The van der Waals surface area contributed by atoms with Gasteiger partial charge in [-0.3, -0.25) is 4.79 Å². The molecule has 1 aliphatic rings. The highest BCUT2D eigenvalue weighted by Crippen LogP contribution is 2.33. The Bertz CT molecular complexity index is 1070. The number of rotatable bonds is 18. The first-order valence-electron chi connectivity index (χ1n) is 15.7. The van der Waals surface area contributed by atoms with E-state index in [-0.39, 0.29) is 12.1 Å². The topological polar surface area (TPSA) is 72.5 Å². The summed E-state index contributed by atoms with van der Waals surface area (Å²) >= 11 is 7.63. The third kappa shape index (κ3) is 12.1. The van der Waals surface area contributed by atoms with Crippen LogP contribution >= 0.6 is 31.9 Å². The fourth-order valence-electron chi connectivity index (χ4n) is 4.95. The van der Waals surface area contributed by atoms with Gasteiger partial charge < -0.3 is 28.4 Å². The van der Waals surface area contributed by atoms with E-state index < -0.39 is 30.0 Å². The molecule has 1 fully saturated rings. The average molecular weight is 743 g/mol. The van der Waals surface area contributed by atoms with Crippen LogP contribution in [0.5, 0.6) is 0 Å². The Labute approximate surface area is 280 Å². The van der Waals surface area contributed by atoms with E-state index in [2.05, 4.69) is 38.8 Å². The van der Waals surface area contributed by atoms with E-state index in [0.29, 0.717) is 35.9 Å². The number of halogens is 2. The van der Waals surface area contributed by atoms with Crippen molar-refractivity contribution in [3.8, 4) is 0 Å². The Hall–Kier alpha value is -1.33. The molecule has 44 heavy (non-hydrogen) atoms. The Kier molecular flexibility index (Phi) is 16.3. The zero-order valence-electron chi connectivity index (χ0n) is 26.8. The van der Waals surface area contributed by atoms with Gasteiger partial charge in [-0.05, 0) is 64.0 Å². The second-order valence-corrected chi connectivity index (χ2v) is 14.6. The first-order valence-corrected chi connectivity index (χ1v) is 17.5. The summed E-state index contributed by atoms with van der Waals surface area (Å²) in [5, 5.41) is 0. The standard InChI is InChI=1S/C35H50Br2O7/c1-6-29-30(41-23-25-15-9-7-10-16-25)31(42-24-26-17-11-8-12-18-26)32(44-34(38)35(2,3)4)33(43-29)40-22-14-20-28(37)27(36)19-13-21-39-5/h7-12,15-18,27-33H,6,13-14,19-24H2,1-5H3/t27?,28?,29?,30-,31-,32?,33+/m0/s1. The summed E-state index contributed by atoms with van der Waals surface area (Å²) in [5.41, 5.74) is 1.35. The summed E-state index contributed by atoms with van der Waals surface area (Å²) < 4.78 is 37.4. The maximum Gasteiger partial charge on any atom is 0.311 e. The number of hydrogen-bond donors (Lipinski definition) is 0. The van der Waals surface area contributed by atoms with E-state index in [9.17, 15) is 4.79 Å². The molecule has 4 unspecified atom stereocenters. The zero-order valence-corrected chi connectivity index (χ0v) is 30.0. The van der Waals surface area contributed by atoms with Crippen LogP contribution in [0.4, 0.5) is 0 Å². The SMILES string of the molecule is CCC1O[C@@H](OCCCC(Br)C(Br)CCCOC)C(OC(=O)C(C)(C)C)[C@@H](OCc2ccccc2)[C@H]1OCc1ccccc1. The van der Waals surface area contributed by atoms with E-state index in [1.54, 1.807) is 7.11 Å². The highest BCUT2D eigenvalue weighted by atomic mass is 79.9. The molecule has 0 radical (unpaired) electrons. The fraction of sp³-hybridized carbons (Fsp3) is 0.629. The van der Waals surface area contributed by atoms with Gasteiger partial charge in [0.2, 0.25) is 0 Å². The van der Waals surface area contributed by atoms with Gasteiger partial charge >= 0.3 is 5.97 Å². The number of hydrogen-bond acceptors (Lipinski definition) is 7. The lowest BCUT2D eigenvalue weighted by Crippen LogP contribution is -2.61. The average Bonchev–Trinajstić information content (AvgIpc) is 3.02. The molecule has 0 spiro atoms. The van der Waals surface area contributed by atoms with Crippen molar-refractivity contribution in [1.29, 1.82) is 0 Å². The Morgan fingerprint density at radius 2 is 1.32 bits per heavy atom. The molecule has 0 bridgehead atoms. The molecule has 9 heteroatoms. The van der Waals surface area contributed by atoms with Crippen LogP contribution in [0.3, 0.4) is 0 Å². The van der Waals surface area contributed by atoms with Gasteiger partial charge in [0.25, 0.3) is 0 Å². The van der Waals surface area contributed by atoms with Crippen molar-refractivity contribution in [2.75, 3.05) is 20.3 Å². The third-order valence-corrected chi connectivity index (χ3v) is 10.4. The number of benzene rings is 2. The number of ether oxygens (including phenoxy) is 6. The van der Waals surface area contributed by atoms with Gasteiger partial charge in [-0.15, -0.1) is 0 Å². The second-order valence-electron chi connectivity index (χ2n) is 12.3. The zero-order chi connectivity index (χ0) is 32.0. The highest BCUT2D eigenvalue weighted by Gasteiger charge is 2.50. The van der Waals surface area contributed by atoms with Crippen LogP contribution < -0.4 is 0 Å². The lowest BCUT2D eigenvalue weighted by molar-refractivity contribution is -0.317. The second kappa shape index (κ2) is 19.4. The van der Waals surface area contributed by atoms with Crippen molar-refractivity contribution < 1.29 is 33.2 Å². The molecular weight excluding hydrogens is 692 g/mol. The number of esters is 1. The van der Waals surface area contributed by atoms with Crippen LogP contribution in [0.15, 0.2) is 60.7 Å². The number of alkyl halides is 2. The summed E-state index contributed by atoms with van der Waals surface area (Å²) in [6.45, 7) is 9.50. The molecule has 0 aliphatic carbocycles. The molecule has 1 aliphatic heterocycles. The van der Waals surface area contributed by atoms with Crippen molar-refractivity contribution in [3.63, 3.8) is 0 Å². The maximum atomic E-state index is 13.3. The highest BCUT2D eigenvalue weighted by molar-refractivity contribution is 9.12. The van der Waals surface area contributed by atoms with Crippen molar-refractivity contribution in [2.45, 2.75) is 113 Å². The molecule has 7 nitrogen and oxygen atoms in total. The molecule has 246 valence electrons. The summed E-state index contributed by atoms with van der Waals surface area (Å²) in [4.78, 5) is 13.9. The molecule has 0 amide bonds. The van der Waals surface area contributed by atoms with Gasteiger partial charge in [0.15, 0.2) is 12.4 Å². The predicted octanol–water partition coefficient (Wildman–Crippen LogP) is 8.00. The summed E-state index contributed by atoms with van der Waals surface area (Å²) in [6.07, 6.45) is 1.41. The largest absolute Gasteiger partial charge is 0.454 e. The van der Waals surface area contributed by atoms with Crippen LogP contribution in [0.1, 0.15) is 70.9 Å². The van der Waals surface area contributed by atoms with Gasteiger partial charge in [0, 0.05) is 30.0 Å². The first-order chi connectivity index (χ1) is 21.1. The quantitative estimate of drug-likeness (QED) is 0.0872. The Balaban J connectivity index is 1.79. The van der Waals surface area contributed by atoms with Crippen LogP contribution in [0.25, 0.3) is 0 Å². The van der Waals surface area contributed by atoms with E-state index in [1.165, 1.54) is 0 Å². The summed E-state index contributed by atoms with van der Waals surface area (Å²) in [5.74, 6) is -0.344. The van der Waals surface area contributed by atoms with Gasteiger partial charge in [0.1, 0.15) is 12.2 Å². The third-order valence-electron chi connectivity index (χ3n) is 7.55. The molecule has 2 aromatic carbocycles. The lowest BCUT2D eigenvalue weighted by Gasteiger charge is -2.46. The molecule has 1 heterocycles. The van der Waals surface area contributed by atoms with E-state index in [4.69, 9.17) is 28.4 Å². The molecule has 1 saturated heterocycles. The van der Waals surface area contributed by atoms with Gasteiger partial charge in [0.05, 0.1) is 24.7 Å². The van der Waals surface area contributed by atoms with Gasteiger partial charge in [-0.2, -0.15) is 0 Å². The smallest absolute Gasteiger partial charge is 0.311 e. The minimum atomic E-state index is -0.813. The molecule has 0 aromatic heterocycles. The minimum absolute atomic E-state index is 0.297. The number of methoxy groups -OCH3 is 1. The Morgan fingerprint density at radius 1 is 0.795 bits per heavy atom.